The van der Waals surface area contributed by atoms with Crippen molar-refractivity contribution >= 4 is 5.97 Å². The number of benzene rings is 1. The lowest BCUT2D eigenvalue weighted by atomic mass is 9.98. The SMILES string of the molecule is Cc1ccc(OC(C)C)c(C(C)C(=O)O)c1. The van der Waals surface area contributed by atoms with Crippen LogP contribution in [-0.2, 0) is 4.79 Å². The number of hydrogen-bond acceptors (Lipinski definition) is 2. The number of carbonyl (C=O) groups is 1. The number of carboxylic acid groups (broad SMARTS) is 1. The molecule has 16 heavy (non-hydrogen) atoms. The maximum absolute atomic E-state index is 11.0. The van der Waals surface area contributed by atoms with Crippen LogP contribution >= 0.6 is 0 Å². The zero-order chi connectivity index (χ0) is 12.3. The molecular weight excluding hydrogens is 204 g/mol. The van der Waals surface area contributed by atoms with Gasteiger partial charge in [0.05, 0.1) is 12.0 Å². The molecule has 0 amide bonds. The number of aryl methyl sites for hydroxylation is 1. The molecular formula is C13H18O3. The van der Waals surface area contributed by atoms with Crippen molar-refractivity contribution in [2.75, 3.05) is 0 Å². The minimum Gasteiger partial charge on any atom is -0.491 e. The Morgan fingerprint density at radius 1 is 1.31 bits per heavy atom. The van der Waals surface area contributed by atoms with E-state index in [1.165, 1.54) is 0 Å². The Labute approximate surface area is 96.1 Å². The maximum atomic E-state index is 11.0. The fraction of sp³-hybridized carbons (Fsp3) is 0.462. The van der Waals surface area contributed by atoms with Crippen molar-refractivity contribution in [3.63, 3.8) is 0 Å². The first kappa shape index (κ1) is 12.6. The average molecular weight is 222 g/mol. The van der Waals surface area contributed by atoms with Gasteiger partial charge in [-0.15, -0.1) is 0 Å². The first-order valence-corrected chi connectivity index (χ1v) is 5.41. The van der Waals surface area contributed by atoms with Crippen LogP contribution in [0.25, 0.3) is 0 Å². The summed E-state index contributed by atoms with van der Waals surface area (Å²) < 4.78 is 5.61. The molecule has 1 N–H and O–H groups in total. The third-order valence-electron chi connectivity index (χ3n) is 2.36. The summed E-state index contributed by atoms with van der Waals surface area (Å²) in [5.74, 6) is -0.719. The average Bonchev–Trinajstić information content (AvgIpc) is 2.18. The molecule has 1 aromatic carbocycles. The van der Waals surface area contributed by atoms with E-state index >= 15 is 0 Å². The molecule has 0 aliphatic rings. The van der Waals surface area contributed by atoms with E-state index in [-0.39, 0.29) is 6.10 Å². The molecule has 3 nitrogen and oxygen atoms in total. The summed E-state index contributed by atoms with van der Waals surface area (Å²) in [6.07, 6.45) is 0.0439. The number of ether oxygens (including phenoxy) is 1. The molecule has 0 aliphatic heterocycles. The lowest BCUT2D eigenvalue weighted by molar-refractivity contribution is -0.138. The Morgan fingerprint density at radius 2 is 1.94 bits per heavy atom. The standard InChI is InChI=1S/C13H18O3/c1-8(2)16-12-6-5-9(3)7-11(12)10(4)13(14)15/h5-8,10H,1-4H3,(H,14,15). The zero-order valence-corrected chi connectivity index (χ0v) is 10.2. The molecule has 0 radical (unpaired) electrons. The molecule has 1 atom stereocenters. The van der Waals surface area contributed by atoms with Gasteiger partial charge in [-0.2, -0.15) is 0 Å². The summed E-state index contributed by atoms with van der Waals surface area (Å²) in [7, 11) is 0. The van der Waals surface area contributed by atoms with Gasteiger partial charge in [0.25, 0.3) is 0 Å². The van der Waals surface area contributed by atoms with E-state index in [1.807, 2.05) is 39.0 Å². The highest BCUT2D eigenvalue weighted by Crippen LogP contribution is 2.28. The molecule has 0 aromatic heterocycles. The highest BCUT2D eigenvalue weighted by molar-refractivity contribution is 5.76. The van der Waals surface area contributed by atoms with E-state index in [0.29, 0.717) is 5.75 Å². The number of aliphatic carboxylic acids is 1. The molecule has 1 unspecified atom stereocenters. The molecule has 0 heterocycles. The van der Waals surface area contributed by atoms with Crippen molar-refractivity contribution in [2.45, 2.75) is 39.7 Å². The summed E-state index contributed by atoms with van der Waals surface area (Å²) in [6, 6.07) is 5.64. The Morgan fingerprint density at radius 3 is 2.44 bits per heavy atom. The summed E-state index contributed by atoms with van der Waals surface area (Å²) in [5.41, 5.74) is 1.78. The molecule has 0 fully saturated rings. The molecule has 88 valence electrons. The van der Waals surface area contributed by atoms with Gasteiger partial charge in [-0.05, 0) is 33.8 Å². The van der Waals surface area contributed by atoms with E-state index in [2.05, 4.69) is 0 Å². The second-order valence-corrected chi connectivity index (χ2v) is 4.27. The molecule has 1 rings (SSSR count). The summed E-state index contributed by atoms with van der Waals surface area (Å²) in [6.45, 7) is 7.46. The highest BCUT2D eigenvalue weighted by Gasteiger charge is 2.19. The third kappa shape index (κ3) is 2.99. The van der Waals surface area contributed by atoms with Crippen LogP contribution in [0, 0.1) is 6.92 Å². The van der Waals surface area contributed by atoms with Gasteiger partial charge in [-0.3, -0.25) is 4.79 Å². The van der Waals surface area contributed by atoms with Gasteiger partial charge >= 0.3 is 5.97 Å². The second kappa shape index (κ2) is 5.01. The van der Waals surface area contributed by atoms with Crippen LogP contribution in [0.2, 0.25) is 0 Å². The lowest BCUT2D eigenvalue weighted by Gasteiger charge is -2.17. The molecule has 0 saturated carbocycles. The molecule has 3 heteroatoms. The van der Waals surface area contributed by atoms with Crippen LogP contribution < -0.4 is 4.74 Å². The van der Waals surface area contributed by atoms with E-state index in [9.17, 15) is 4.79 Å². The smallest absolute Gasteiger partial charge is 0.310 e. The minimum absolute atomic E-state index is 0.0439. The van der Waals surface area contributed by atoms with Crippen LogP contribution in [-0.4, -0.2) is 17.2 Å². The largest absolute Gasteiger partial charge is 0.491 e. The first-order chi connectivity index (χ1) is 7.41. The van der Waals surface area contributed by atoms with Crippen LogP contribution in [0.5, 0.6) is 5.75 Å². The first-order valence-electron chi connectivity index (χ1n) is 5.41. The molecule has 0 spiro atoms. The minimum atomic E-state index is -0.834. The van der Waals surface area contributed by atoms with Crippen molar-refractivity contribution in [1.82, 2.24) is 0 Å². The maximum Gasteiger partial charge on any atom is 0.310 e. The summed E-state index contributed by atoms with van der Waals surface area (Å²) in [5, 5.41) is 9.03. The van der Waals surface area contributed by atoms with E-state index in [4.69, 9.17) is 9.84 Å². The summed E-state index contributed by atoms with van der Waals surface area (Å²) >= 11 is 0. The molecule has 0 saturated heterocycles. The van der Waals surface area contributed by atoms with Gasteiger partial charge in [0.2, 0.25) is 0 Å². The van der Waals surface area contributed by atoms with E-state index in [0.717, 1.165) is 11.1 Å². The van der Waals surface area contributed by atoms with Gasteiger partial charge in [-0.25, -0.2) is 0 Å². The lowest BCUT2D eigenvalue weighted by Crippen LogP contribution is -2.13. The Balaban J connectivity index is 3.12. The van der Waals surface area contributed by atoms with Crippen LogP contribution in [0.3, 0.4) is 0 Å². The summed E-state index contributed by atoms with van der Waals surface area (Å²) in [4.78, 5) is 11.0. The van der Waals surface area contributed by atoms with Crippen molar-refractivity contribution in [2.24, 2.45) is 0 Å². The number of carboxylic acids is 1. The normalized spacial score (nSPS) is 12.6. The third-order valence-corrected chi connectivity index (χ3v) is 2.36. The van der Waals surface area contributed by atoms with Crippen LogP contribution in [0.4, 0.5) is 0 Å². The van der Waals surface area contributed by atoms with Gasteiger partial charge in [0.1, 0.15) is 5.75 Å². The van der Waals surface area contributed by atoms with Crippen molar-refractivity contribution in [3.05, 3.63) is 29.3 Å². The number of hydrogen-bond donors (Lipinski definition) is 1. The number of rotatable bonds is 4. The van der Waals surface area contributed by atoms with Crippen molar-refractivity contribution in [1.29, 1.82) is 0 Å². The fourth-order valence-electron chi connectivity index (χ4n) is 1.50. The Kier molecular flexibility index (Phi) is 3.93. The van der Waals surface area contributed by atoms with Crippen molar-refractivity contribution in [3.8, 4) is 5.75 Å². The van der Waals surface area contributed by atoms with Crippen LogP contribution in [0.1, 0.15) is 37.8 Å². The molecule has 1 aromatic rings. The van der Waals surface area contributed by atoms with E-state index < -0.39 is 11.9 Å². The highest BCUT2D eigenvalue weighted by atomic mass is 16.5. The Bertz CT molecular complexity index is 383. The fourth-order valence-corrected chi connectivity index (χ4v) is 1.50. The second-order valence-electron chi connectivity index (χ2n) is 4.27. The molecule has 0 bridgehead atoms. The van der Waals surface area contributed by atoms with Crippen LogP contribution in [0.15, 0.2) is 18.2 Å². The van der Waals surface area contributed by atoms with Gasteiger partial charge in [0.15, 0.2) is 0 Å². The quantitative estimate of drug-likeness (QED) is 0.851. The monoisotopic (exact) mass is 222 g/mol. The molecule has 0 aliphatic carbocycles. The van der Waals surface area contributed by atoms with Gasteiger partial charge < -0.3 is 9.84 Å². The predicted octanol–water partition coefficient (Wildman–Crippen LogP) is 2.97. The predicted molar refractivity (Wildman–Crippen MR) is 63.0 cm³/mol. The van der Waals surface area contributed by atoms with Crippen molar-refractivity contribution < 1.29 is 14.6 Å². The van der Waals surface area contributed by atoms with Gasteiger partial charge in [0, 0.05) is 5.56 Å². The van der Waals surface area contributed by atoms with Gasteiger partial charge in [-0.1, -0.05) is 17.7 Å². The van der Waals surface area contributed by atoms with E-state index in [1.54, 1.807) is 6.92 Å². The zero-order valence-electron chi connectivity index (χ0n) is 10.2. The topological polar surface area (TPSA) is 46.5 Å². The Hall–Kier alpha value is -1.51.